The van der Waals surface area contributed by atoms with Crippen LogP contribution in [0.5, 0.6) is 0 Å². The van der Waals surface area contributed by atoms with Crippen LogP contribution in [0.2, 0.25) is 0 Å². The molecule has 0 amide bonds. The number of anilines is 2. The first-order valence-electron chi connectivity index (χ1n) is 6.92. The number of aromatic nitrogens is 3. The van der Waals surface area contributed by atoms with Gasteiger partial charge in [-0.2, -0.15) is 18.2 Å². The average Bonchev–Trinajstić information content (AvgIpc) is 3.08. The van der Waals surface area contributed by atoms with Crippen molar-refractivity contribution in [1.82, 2.24) is 15.1 Å². The van der Waals surface area contributed by atoms with E-state index in [2.05, 4.69) is 30.3 Å². The minimum Gasteiger partial charge on any atom is -0.383 e. The second kappa shape index (κ2) is 6.00. The third-order valence-electron chi connectivity index (χ3n) is 3.36. The molecule has 0 aliphatic heterocycles. The van der Waals surface area contributed by atoms with Gasteiger partial charge in [0, 0.05) is 18.8 Å². The van der Waals surface area contributed by atoms with Gasteiger partial charge in [-0.3, -0.25) is 14.6 Å². The van der Waals surface area contributed by atoms with Crippen LogP contribution in [-0.4, -0.2) is 22.2 Å². The van der Waals surface area contributed by atoms with Crippen LogP contribution in [-0.2, 0) is 12.7 Å². The topological polar surface area (TPSA) is 110 Å². The van der Waals surface area contributed by atoms with Crippen molar-refractivity contribution in [3.63, 3.8) is 0 Å². The highest BCUT2D eigenvalue weighted by atomic mass is 19.4. The molecule has 2 N–H and O–H groups in total. The molecule has 0 fully saturated rings. The fourth-order valence-electron chi connectivity index (χ4n) is 2.09. The standard InChI is InChI=1S/C14H10F3N5O3/c1-18-8-9(11(24)10(8)23)20-5-7-3-2-6(4-19-7)12-21-13(25-22-12)14(15,16)17/h2-4,18,20H,5H2,1H3. The van der Waals surface area contributed by atoms with Gasteiger partial charge in [0.2, 0.25) is 5.82 Å². The predicted octanol–water partition coefficient (Wildman–Crippen LogP) is 1.40. The van der Waals surface area contributed by atoms with E-state index in [1.165, 1.54) is 25.4 Å². The van der Waals surface area contributed by atoms with Gasteiger partial charge >= 0.3 is 12.1 Å². The Labute approximate surface area is 137 Å². The van der Waals surface area contributed by atoms with E-state index in [0.717, 1.165) is 0 Å². The molecule has 130 valence electrons. The van der Waals surface area contributed by atoms with E-state index in [9.17, 15) is 22.8 Å². The normalized spacial score (nSPS) is 11.7. The SMILES string of the molecule is CNc1c(NCc2ccc(-c3noc(C(F)(F)F)n3)cn2)c(=O)c1=O. The molecule has 0 radical (unpaired) electrons. The molecule has 3 rings (SSSR count). The van der Waals surface area contributed by atoms with Crippen LogP contribution >= 0.6 is 0 Å². The molecule has 0 atom stereocenters. The zero-order valence-corrected chi connectivity index (χ0v) is 12.6. The lowest BCUT2D eigenvalue weighted by atomic mass is 10.2. The smallest absolute Gasteiger partial charge is 0.383 e. The van der Waals surface area contributed by atoms with Gasteiger partial charge in [-0.15, -0.1) is 0 Å². The van der Waals surface area contributed by atoms with Crippen molar-refractivity contribution in [2.24, 2.45) is 0 Å². The van der Waals surface area contributed by atoms with Gasteiger partial charge in [0.25, 0.3) is 10.9 Å². The molecule has 0 bridgehead atoms. The minimum atomic E-state index is -4.71. The average molecular weight is 353 g/mol. The Morgan fingerprint density at radius 3 is 2.44 bits per heavy atom. The van der Waals surface area contributed by atoms with Crippen LogP contribution < -0.4 is 21.5 Å². The molecular weight excluding hydrogens is 343 g/mol. The summed E-state index contributed by atoms with van der Waals surface area (Å²) < 4.78 is 41.5. The monoisotopic (exact) mass is 353 g/mol. The third-order valence-corrected chi connectivity index (χ3v) is 3.36. The Bertz CT molecular complexity index is 971. The second-order valence-corrected chi connectivity index (χ2v) is 4.97. The fourth-order valence-corrected chi connectivity index (χ4v) is 2.09. The van der Waals surface area contributed by atoms with Crippen molar-refractivity contribution < 1.29 is 17.7 Å². The zero-order chi connectivity index (χ0) is 18.2. The van der Waals surface area contributed by atoms with Crippen molar-refractivity contribution >= 4 is 11.4 Å². The van der Waals surface area contributed by atoms with Gasteiger partial charge in [0.05, 0.1) is 12.2 Å². The first-order chi connectivity index (χ1) is 11.8. The maximum atomic E-state index is 12.4. The predicted molar refractivity (Wildman–Crippen MR) is 80.8 cm³/mol. The molecule has 11 heteroatoms. The molecule has 0 unspecified atom stereocenters. The van der Waals surface area contributed by atoms with Crippen molar-refractivity contribution in [1.29, 1.82) is 0 Å². The summed E-state index contributed by atoms with van der Waals surface area (Å²) in [5, 5.41) is 8.66. The van der Waals surface area contributed by atoms with Crippen molar-refractivity contribution in [3.05, 3.63) is 50.4 Å². The molecule has 0 saturated heterocycles. The number of alkyl halides is 3. The number of hydrogen-bond acceptors (Lipinski definition) is 8. The number of nitrogens with zero attached hydrogens (tertiary/aromatic N) is 3. The van der Waals surface area contributed by atoms with Crippen LogP contribution in [0.25, 0.3) is 11.4 Å². The van der Waals surface area contributed by atoms with E-state index in [1.54, 1.807) is 0 Å². The number of hydrogen-bond donors (Lipinski definition) is 2. The van der Waals surface area contributed by atoms with Crippen LogP contribution in [0.3, 0.4) is 0 Å². The molecule has 2 aromatic heterocycles. The quantitative estimate of drug-likeness (QED) is 0.663. The minimum absolute atomic E-state index is 0.153. The molecule has 0 aliphatic rings. The fraction of sp³-hybridized carbons (Fsp3) is 0.214. The highest BCUT2D eigenvalue weighted by Gasteiger charge is 2.38. The van der Waals surface area contributed by atoms with E-state index in [-0.39, 0.29) is 29.3 Å². The molecular formula is C14H10F3N5O3. The van der Waals surface area contributed by atoms with Gasteiger partial charge in [-0.25, -0.2) is 0 Å². The maximum Gasteiger partial charge on any atom is 0.471 e. The zero-order valence-electron chi connectivity index (χ0n) is 12.6. The van der Waals surface area contributed by atoms with Gasteiger partial charge < -0.3 is 15.2 Å². The largest absolute Gasteiger partial charge is 0.471 e. The number of rotatable bonds is 5. The van der Waals surface area contributed by atoms with Crippen LogP contribution in [0, 0.1) is 0 Å². The highest BCUT2D eigenvalue weighted by Crippen LogP contribution is 2.29. The molecule has 0 saturated carbocycles. The van der Waals surface area contributed by atoms with Crippen molar-refractivity contribution in [2.45, 2.75) is 12.7 Å². The number of nitrogens with one attached hydrogen (secondary N) is 2. The van der Waals surface area contributed by atoms with Crippen molar-refractivity contribution in [3.8, 4) is 11.4 Å². The summed E-state index contributed by atoms with van der Waals surface area (Å²) in [4.78, 5) is 30.0. The maximum absolute atomic E-state index is 12.4. The molecule has 0 aliphatic carbocycles. The summed E-state index contributed by atoms with van der Waals surface area (Å²) in [6, 6.07) is 2.99. The Kier molecular flexibility index (Phi) is 3.99. The summed E-state index contributed by atoms with van der Waals surface area (Å²) >= 11 is 0. The lowest BCUT2D eigenvalue weighted by molar-refractivity contribution is -0.159. The lowest BCUT2D eigenvalue weighted by Gasteiger charge is -2.12. The summed E-state index contributed by atoms with van der Waals surface area (Å²) in [6.07, 6.45) is -3.43. The Morgan fingerprint density at radius 2 is 1.88 bits per heavy atom. The van der Waals surface area contributed by atoms with Gasteiger partial charge in [0.15, 0.2) is 0 Å². The van der Waals surface area contributed by atoms with E-state index in [1.807, 2.05) is 0 Å². The summed E-state index contributed by atoms with van der Waals surface area (Å²) in [7, 11) is 1.52. The van der Waals surface area contributed by atoms with Gasteiger partial charge in [-0.1, -0.05) is 5.16 Å². The molecule has 8 nitrogen and oxygen atoms in total. The Morgan fingerprint density at radius 1 is 1.16 bits per heavy atom. The number of pyridine rings is 1. The van der Waals surface area contributed by atoms with Crippen LogP contribution in [0.4, 0.5) is 24.5 Å². The molecule has 0 spiro atoms. The highest BCUT2D eigenvalue weighted by molar-refractivity contribution is 5.73. The lowest BCUT2D eigenvalue weighted by Crippen LogP contribution is -2.36. The van der Waals surface area contributed by atoms with Crippen LogP contribution in [0.1, 0.15) is 11.6 Å². The Balaban J connectivity index is 1.70. The number of halogens is 3. The van der Waals surface area contributed by atoms with Crippen molar-refractivity contribution in [2.75, 3.05) is 17.7 Å². The first kappa shape index (κ1) is 16.6. The van der Waals surface area contributed by atoms with E-state index < -0.39 is 22.9 Å². The van der Waals surface area contributed by atoms with Crippen LogP contribution in [0.15, 0.2) is 32.4 Å². The first-order valence-corrected chi connectivity index (χ1v) is 6.92. The van der Waals surface area contributed by atoms with E-state index >= 15 is 0 Å². The Hall–Kier alpha value is -3.24. The summed E-state index contributed by atoms with van der Waals surface area (Å²) in [6.45, 7) is 0.153. The second-order valence-electron chi connectivity index (χ2n) is 4.97. The third kappa shape index (κ3) is 3.07. The van der Waals surface area contributed by atoms with E-state index in [0.29, 0.717) is 5.69 Å². The molecule has 3 aromatic rings. The summed E-state index contributed by atoms with van der Waals surface area (Å²) in [5.74, 6) is -1.67. The van der Waals surface area contributed by atoms with Gasteiger partial charge in [-0.05, 0) is 12.1 Å². The molecule has 25 heavy (non-hydrogen) atoms. The molecule has 2 heterocycles. The van der Waals surface area contributed by atoms with E-state index in [4.69, 9.17) is 0 Å². The summed E-state index contributed by atoms with van der Waals surface area (Å²) in [5.41, 5.74) is -0.0933. The van der Waals surface area contributed by atoms with Gasteiger partial charge in [0.1, 0.15) is 11.4 Å². The molecule has 1 aromatic carbocycles.